The van der Waals surface area contributed by atoms with Crippen LogP contribution in [0.4, 0.5) is 0 Å². The highest BCUT2D eigenvalue weighted by Crippen LogP contribution is 2.31. The van der Waals surface area contributed by atoms with Gasteiger partial charge in [-0.1, -0.05) is 31.9 Å². The highest BCUT2D eigenvalue weighted by Gasteiger charge is 2.28. The molecule has 1 fully saturated rings. The van der Waals surface area contributed by atoms with Crippen LogP contribution in [-0.2, 0) is 9.59 Å². The highest BCUT2D eigenvalue weighted by molar-refractivity contribution is 6.09. The molecule has 1 atom stereocenters. The van der Waals surface area contributed by atoms with E-state index >= 15 is 0 Å². The normalized spacial score (nSPS) is 18.4. The number of allylic oxidation sites excluding steroid dienone is 2. The standard InChI is InChI=1S/C15H22O2/c1-4-8-14(12(3)16)15(17)11(2)13-9-6-5-7-10-13/h4,13-14H,1-2,5-10H2,3H3. The van der Waals surface area contributed by atoms with Gasteiger partial charge in [0.25, 0.3) is 0 Å². The maximum absolute atomic E-state index is 12.2. The largest absolute Gasteiger partial charge is 0.299 e. The molecule has 1 unspecified atom stereocenters. The van der Waals surface area contributed by atoms with Gasteiger partial charge in [-0.25, -0.2) is 0 Å². The number of rotatable bonds is 6. The van der Waals surface area contributed by atoms with Gasteiger partial charge in [-0.15, -0.1) is 6.58 Å². The molecule has 1 aliphatic carbocycles. The Labute approximate surface area is 104 Å². The smallest absolute Gasteiger partial charge is 0.169 e. The van der Waals surface area contributed by atoms with Gasteiger partial charge in [-0.3, -0.25) is 9.59 Å². The van der Waals surface area contributed by atoms with E-state index in [0.29, 0.717) is 17.9 Å². The number of hydrogen-bond donors (Lipinski definition) is 0. The van der Waals surface area contributed by atoms with Crippen molar-refractivity contribution in [2.75, 3.05) is 0 Å². The molecule has 0 aromatic rings. The summed E-state index contributed by atoms with van der Waals surface area (Å²) < 4.78 is 0. The summed E-state index contributed by atoms with van der Waals surface area (Å²) in [5.74, 6) is -0.402. The molecule has 0 aliphatic heterocycles. The van der Waals surface area contributed by atoms with Gasteiger partial charge in [-0.2, -0.15) is 0 Å². The van der Waals surface area contributed by atoms with Crippen molar-refractivity contribution in [1.29, 1.82) is 0 Å². The van der Waals surface area contributed by atoms with E-state index in [2.05, 4.69) is 13.2 Å². The van der Waals surface area contributed by atoms with E-state index in [1.807, 2.05) is 0 Å². The molecule has 17 heavy (non-hydrogen) atoms. The number of hydrogen-bond acceptors (Lipinski definition) is 2. The Balaban J connectivity index is 2.68. The minimum atomic E-state index is -0.554. The van der Waals surface area contributed by atoms with Crippen LogP contribution >= 0.6 is 0 Å². The van der Waals surface area contributed by atoms with E-state index in [0.717, 1.165) is 12.8 Å². The molecule has 0 aromatic heterocycles. The van der Waals surface area contributed by atoms with Crippen LogP contribution in [0.15, 0.2) is 24.8 Å². The fourth-order valence-electron chi connectivity index (χ4n) is 2.50. The van der Waals surface area contributed by atoms with Crippen LogP contribution in [0, 0.1) is 11.8 Å². The van der Waals surface area contributed by atoms with Crippen molar-refractivity contribution in [3.63, 3.8) is 0 Å². The zero-order chi connectivity index (χ0) is 12.8. The second-order valence-corrected chi connectivity index (χ2v) is 4.91. The minimum absolute atomic E-state index is 0.0655. The lowest BCUT2D eigenvalue weighted by molar-refractivity contribution is -0.129. The van der Waals surface area contributed by atoms with Crippen molar-refractivity contribution in [3.05, 3.63) is 24.8 Å². The molecular formula is C15H22O2. The van der Waals surface area contributed by atoms with Gasteiger partial charge in [0.05, 0.1) is 5.92 Å². The van der Waals surface area contributed by atoms with Gasteiger partial charge in [0.2, 0.25) is 0 Å². The first-order valence-electron chi connectivity index (χ1n) is 6.42. The maximum atomic E-state index is 12.2. The van der Waals surface area contributed by atoms with E-state index in [4.69, 9.17) is 0 Å². The third-order valence-electron chi connectivity index (χ3n) is 3.62. The second-order valence-electron chi connectivity index (χ2n) is 4.91. The molecule has 0 N–H and O–H groups in total. The first-order chi connectivity index (χ1) is 8.07. The summed E-state index contributed by atoms with van der Waals surface area (Å²) in [6.07, 6.45) is 7.75. The summed E-state index contributed by atoms with van der Waals surface area (Å²) in [6.45, 7) is 9.00. The van der Waals surface area contributed by atoms with Crippen LogP contribution in [0.3, 0.4) is 0 Å². The number of carbonyl (C=O) groups excluding carboxylic acids is 2. The van der Waals surface area contributed by atoms with Gasteiger partial charge < -0.3 is 0 Å². The maximum Gasteiger partial charge on any atom is 0.169 e. The lowest BCUT2D eigenvalue weighted by Gasteiger charge is -2.24. The predicted octanol–water partition coefficient (Wildman–Crippen LogP) is 3.47. The van der Waals surface area contributed by atoms with Crippen LogP contribution in [0.1, 0.15) is 45.4 Å². The quantitative estimate of drug-likeness (QED) is 0.400. The van der Waals surface area contributed by atoms with Gasteiger partial charge >= 0.3 is 0 Å². The van der Waals surface area contributed by atoms with Gasteiger partial charge in [0, 0.05) is 0 Å². The van der Waals surface area contributed by atoms with Gasteiger partial charge in [0.15, 0.2) is 5.78 Å². The second kappa shape index (κ2) is 6.53. The monoisotopic (exact) mass is 234 g/mol. The van der Waals surface area contributed by atoms with E-state index in [9.17, 15) is 9.59 Å². The van der Waals surface area contributed by atoms with Crippen molar-refractivity contribution in [3.8, 4) is 0 Å². The van der Waals surface area contributed by atoms with E-state index in [-0.39, 0.29) is 11.6 Å². The van der Waals surface area contributed by atoms with Gasteiger partial charge in [0.1, 0.15) is 5.78 Å². The molecule has 1 rings (SSSR count). The first-order valence-corrected chi connectivity index (χ1v) is 6.42. The summed E-state index contributed by atoms with van der Waals surface area (Å²) in [4.78, 5) is 23.7. The van der Waals surface area contributed by atoms with Crippen molar-refractivity contribution in [2.24, 2.45) is 11.8 Å². The summed E-state index contributed by atoms with van der Waals surface area (Å²) >= 11 is 0. The zero-order valence-corrected chi connectivity index (χ0v) is 10.7. The zero-order valence-electron chi connectivity index (χ0n) is 10.7. The molecule has 1 aliphatic rings. The van der Waals surface area contributed by atoms with Crippen molar-refractivity contribution < 1.29 is 9.59 Å². The van der Waals surface area contributed by atoms with Crippen LogP contribution in [0.5, 0.6) is 0 Å². The number of carbonyl (C=O) groups is 2. The molecule has 2 heteroatoms. The molecule has 2 nitrogen and oxygen atoms in total. The van der Waals surface area contributed by atoms with Crippen LogP contribution in [0.25, 0.3) is 0 Å². The van der Waals surface area contributed by atoms with E-state index < -0.39 is 5.92 Å². The lowest BCUT2D eigenvalue weighted by atomic mass is 9.79. The highest BCUT2D eigenvalue weighted by atomic mass is 16.1. The minimum Gasteiger partial charge on any atom is -0.299 e. The fraction of sp³-hybridized carbons (Fsp3) is 0.600. The average molecular weight is 234 g/mol. The average Bonchev–Trinajstić information content (AvgIpc) is 2.35. The summed E-state index contributed by atoms with van der Waals surface area (Å²) in [6, 6.07) is 0. The third-order valence-corrected chi connectivity index (χ3v) is 3.62. The Bertz CT molecular complexity index is 322. The Kier molecular flexibility index (Phi) is 5.33. The Morgan fingerprint density at radius 2 is 1.88 bits per heavy atom. The molecule has 0 heterocycles. The number of ketones is 2. The Morgan fingerprint density at radius 1 is 1.29 bits per heavy atom. The molecule has 1 saturated carbocycles. The van der Waals surface area contributed by atoms with Crippen LogP contribution in [-0.4, -0.2) is 11.6 Å². The van der Waals surface area contributed by atoms with E-state index in [1.165, 1.54) is 26.2 Å². The molecule has 0 aromatic carbocycles. The molecular weight excluding hydrogens is 212 g/mol. The first kappa shape index (κ1) is 13.9. The van der Waals surface area contributed by atoms with Crippen molar-refractivity contribution >= 4 is 11.6 Å². The summed E-state index contributed by atoms with van der Waals surface area (Å²) in [7, 11) is 0. The van der Waals surface area contributed by atoms with Crippen LogP contribution in [0.2, 0.25) is 0 Å². The number of Topliss-reactive ketones (excluding diaryl/α,β-unsaturated/α-hetero) is 2. The fourth-order valence-corrected chi connectivity index (χ4v) is 2.50. The summed E-state index contributed by atoms with van der Waals surface area (Å²) in [5, 5.41) is 0. The SMILES string of the molecule is C=CCC(C(C)=O)C(=O)C(=C)C1CCCCC1. The predicted molar refractivity (Wildman–Crippen MR) is 69.7 cm³/mol. The summed E-state index contributed by atoms with van der Waals surface area (Å²) in [5.41, 5.74) is 0.659. The molecule has 94 valence electrons. The molecule has 0 bridgehead atoms. The van der Waals surface area contributed by atoms with Crippen molar-refractivity contribution in [2.45, 2.75) is 45.4 Å². The van der Waals surface area contributed by atoms with Crippen molar-refractivity contribution in [1.82, 2.24) is 0 Å². The third kappa shape index (κ3) is 3.65. The van der Waals surface area contributed by atoms with E-state index in [1.54, 1.807) is 6.08 Å². The molecule has 0 radical (unpaired) electrons. The topological polar surface area (TPSA) is 34.1 Å². The lowest BCUT2D eigenvalue weighted by Crippen LogP contribution is -2.26. The Hall–Kier alpha value is -1.18. The van der Waals surface area contributed by atoms with Gasteiger partial charge in [-0.05, 0) is 37.7 Å². The molecule has 0 saturated heterocycles. The molecule has 0 spiro atoms. The Morgan fingerprint density at radius 3 is 2.35 bits per heavy atom. The molecule has 0 amide bonds. The van der Waals surface area contributed by atoms with Crippen LogP contribution < -0.4 is 0 Å².